The summed E-state index contributed by atoms with van der Waals surface area (Å²) < 4.78 is 0. The molecule has 0 saturated carbocycles. The fraction of sp³-hybridized carbons (Fsp3) is 0.364. The predicted octanol–water partition coefficient (Wildman–Crippen LogP) is 2.62. The Bertz CT molecular complexity index is 1060. The van der Waals surface area contributed by atoms with Gasteiger partial charge < -0.3 is 20.6 Å². The van der Waals surface area contributed by atoms with Gasteiger partial charge in [-0.3, -0.25) is 4.79 Å². The molecule has 1 saturated heterocycles. The lowest BCUT2D eigenvalue weighted by Crippen LogP contribution is -2.41. The summed E-state index contributed by atoms with van der Waals surface area (Å²) in [6.07, 6.45) is 5.03. The minimum Gasteiger partial charge on any atom is -0.395 e. The summed E-state index contributed by atoms with van der Waals surface area (Å²) in [5.74, 6) is 1.35. The van der Waals surface area contributed by atoms with Crippen molar-refractivity contribution in [2.45, 2.75) is 19.4 Å². The zero-order valence-electron chi connectivity index (χ0n) is 17.1. The van der Waals surface area contributed by atoms with E-state index < -0.39 is 0 Å². The van der Waals surface area contributed by atoms with Gasteiger partial charge in [-0.25, -0.2) is 15.0 Å². The smallest absolute Gasteiger partial charge is 0.223 e. The molecule has 31 heavy (non-hydrogen) atoms. The maximum atomic E-state index is 12.1. The van der Waals surface area contributed by atoms with Crippen LogP contribution in [0.2, 0.25) is 5.02 Å². The number of nitrogens with one attached hydrogen (secondary N) is 2. The number of carbonyl (C=O) groups excluding carboxylic acids is 1. The number of amides is 1. The van der Waals surface area contributed by atoms with Crippen LogP contribution >= 0.6 is 11.6 Å². The van der Waals surface area contributed by atoms with Gasteiger partial charge in [0.25, 0.3) is 0 Å². The number of anilines is 2. The molecule has 0 unspecified atom stereocenters. The van der Waals surface area contributed by atoms with E-state index in [0.29, 0.717) is 24.1 Å². The lowest BCUT2D eigenvalue weighted by molar-refractivity contribution is -0.125. The van der Waals surface area contributed by atoms with E-state index in [-0.39, 0.29) is 18.4 Å². The minimum atomic E-state index is -0.0419. The third kappa shape index (κ3) is 5.03. The van der Waals surface area contributed by atoms with Crippen LogP contribution in [0, 0.1) is 5.92 Å². The van der Waals surface area contributed by atoms with Crippen LogP contribution in [0.15, 0.2) is 42.7 Å². The van der Waals surface area contributed by atoms with Crippen molar-refractivity contribution in [3.63, 3.8) is 0 Å². The number of aliphatic hydroxyl groups excluding tert-OH is 1. The molecule has 1 aliphatic rings. The van der Waals surface area contributed by atoms with Crippen molar-refractivity contribution in [3.05, 3.63) is 53.3 Å². The SMILES string of the molecule is O=C(NCCO)C1CCN(c2nccc3nc(NCc4ccccc4Cl)ncc23)CC1. The van der Waals surface area contributed by atoms with Crippen molar-refractivity contribution in [2.75, 3.05) is 36.5 Å². The second-order valence-corrected chi connectivity index (χ2v) is 7.89. The molecule has 1 amide bonds. The summed E-state index contributed by atoms with van der Waals surface area (Å²) in [4.78, 5) is 28.0. The normalized spacial score (nSPS) is 14.6. The number of rotatable bonds is 7. The van der Waals surface area contributed by atoms with Gasteiger partial charge in [-0.1, -0.05) is 29.8 Å². The van der Waals surface area contributed by atoms with Crippen molar-refractivity contribution in [3.8, 4) is 0 Å². The van der Waals surface area contributed by atoms with Gasteiger partial charge in [0.2, 0.25) is 11.9 Å². The summed E-state index contributed by atoms with van der Waals surface area (Å²) in [5.41, 5.74) is 1.79. The molecule has 0 aliphatic carbocycles. The summed E-state index contributed by atoms with van der Waals surface area (Å²) >= 11 is 6.22. The quantitative estimate of drug-likeness (QED) is 0.518. The number of hydrogen-bond acceptors (Lipinski definition) is 7. The number of piperidine rings is 1. The second-order valence-electron chi connectivity index (χ2n) is 7.48. The molecule has 1 aromatic carbocycles. The Morgan fingerprint density at radius 1 is 1.19 bits per heavy atom. The van der Waals surface area contributed by atoms with E-state index in [1.807, 2.05) is 30.3 Å². The average Bonchev–Trinajstić information content (AvgIpc) is 2.81. The molecule has 4 rings (SSSR count). The Hall–Kier alpha value is -2.97. The van der Waals surface area contributed by atoms with E-state index in [4.69, 9.17) is 16.7 Å². The monoisotopic (exact) mass is 440 g/mol. The lowest BCUT2D eigenvalue weighted by Gasteiger charge is -2.32. The standard InChI is InChI=1S/C22H25ClN6O2/c23-18-4-2-1-3-16(18)13-26-22-27-14-17-19(28-22)5-8-24-20(17)29-10-6-15(7-11-29)21(31)25-9-12-30/h1-5,8,14-15,30H,6-7,9-13H2,(H,25,31)(H,26,27,28). The van der Waals surface area contributed by atoms with E-state index in [0.717, 1.165) is 48.2 Å². The Morgan fingerprint density at radius 3 is 2.77 bits per heavy atom. The first-order valence-electron chi connectivity index (χ1n) is 10.4. The lowest BCUT2D eigenvalue weighted by atomic mass is 9.95. The number of aliphatic hydroxyl groups is 1. The molecule has 9 heteroatoms. The molecule has 3 N–H and O–H groups in total. The van der Waals surface area contributed by atoms with Crippen LogP contribution in [0.4, 0.5) is 11.8 Å². The molecule has 0 radical (unpaired) electrons. The third-order valence-corrected chi connectivity index (χ3v) is 5.83. The van der Waals surface area contributed by atoms with Gasteiger partial charge in [0, 0.05) is 49.5 Å². The van der Waals surface area contributed by atoms with Crippen molar-refractivity contribution < 1.29 is 9.90 Å². The zero-order chi connectivity index (χ0) is 21.6. The van der Waals surface area contributed by atoms with Crippen LogP contribution in [-0.2, 0) is 11.3 Å². The van der Waals surface area contributed by atoms with E-state index in [2.05, 4.69) is 30.5 Å². The maximum absolute atomic E-state index is 12.1. The summed E-state index contributed by atoms with van der Waals surface area (Å²) in [6.45, 7) is 2.26. The van der Waals surface area contributed by atoms with Crippen LogP contribution < -0.4 is 15.5 Å². The van der Waals surface area contributed by atoms with Crippen molar-refractivity contribution in [1.29, 1.82) is 0 Å². The molecule has 162 valence electrons. The summed E-state index contributed by atoms with van der Waals surface area (Å²) in [7, 11) is 0. The molecule has 3 aromatic rings. The molecule has 2 aromatic heterocycles. The second kappa shape index (κ2) is 9.89. The van der Waals surface area contributed by atoms with Gasteiger partial charge in [-0.15, -0.1) is 0 Å². The van der Waals surface area contributed by atoms with Crippen molar-refractivity contribution >= 4 is 40.2 Å². The first-order valence-corrected chi connectivity index (χ1v) is 10.8. The van der Waals surface area contributed by atoms with Gasteiger partial charge in [0.15, 0.2) is 0 Å². The Balaban J connectivity index is 1.44. The molecule has 0 bridgehead atoms. The maximum Gasteiger partial charge on any atom is 0.223 e. The topological polar surface area (TPSA) is 103 Å². The van der Waals surface area contributed by atoms with Gasteiger partial charge in [-0.2, -0.15) is 0 Å². The van der Waals surface area contributed by atoms with E-state index >= 15 is 0 Å². The van der Waals surface area contributed by atoms with E-state index in [9.17, 15) is 4.79 Å². The van der Waals surface area contributed by atoms with E-state index in [1.54, 1.807) is 12.4 Å². The summed E-state index contributed by atoms with van der Waals surface area (Å²) in [6, 6.07) is 9.54. The molecule has 0 atom stereocenters. The predicted molar refractivity (Wildman–Crippen MR) is 121 cm³/mol. The van der Waals surface area contributed by atoms with Crippen LogP contribution in [-0.4, -0.2) is 52.2 Å². The molecule has 0 spiro atoms. The van der Waals surface area contributed by atoms with E-state index in [1.165, 1.54) is 0 Å². The largest absolute Gasteiger partial charge is 0.395 e. The number of benzene rings is 1. The number of carbonyl (C=O) groups is 1. The molecular weight excluding hydrogens is 416 g/mol. The number of aromatic nitrogens is 3. The molecule has 1 aliphatic heterocycles. The van der Waals surface area contributed by atoms with Gasteiger partial charge in [0.1, 0.15) is 5.82 Å². The number of fused-ring (bicyclic) bond motifs is 1. The number of halogens is 1. The fourth-order valence-corrected chi connectivity index (χ4v) is 3.98. The fourth-order valence-electron chi connectivity index (χ4n) is 3.77. The average molecular weight is 441 g/mol. The highest BCUT2D eigenvalue weighted by Gasteiger charge is 2.26. The third-order valence-electron chi connectivity index (χ3n) is 5.46. The highest BCUT2D eigenvalue weighted by molar-refractivity contribution is 6.31. The van der Waals surface area contributed by atoms with Crippen molar-refractivity contribution in [1.82, 2.24) is 20.3 Å². The highest BCUT2D eigenvalue weighted by Crippen LogP contribution is 2.28. The molecule has 1 fully saturated rings. The number of nitrogens with zero attached hydrogens (tertiary/aromatic N) is 4. The zero-order valence-corrected chi connectivity index (χ0v) is 17.8. The molecular formula is C22H25ClN6O2. The van der Waals surface area contributed by atoms with Crippen LogP contribution in [0.25, 0.3) is 10.9 Å². The van der Waals surface area contributed by atoms with Gasteiger partial charge in [-0.05, 0) is 30.5 Å². The van der Waals surface area contributed by atoms with Gasteiger partial charge in [0.05, 0.1) is 17.5 Å². The first-order chi connectivity index (χ1) is 15.2. The van der Waals surface area contributed by atoms with Crippen LogP contribution in [0.1, 0.15) is 18.4 Å². The van der Waals surface area contributed by atoms with Gasteiger partial charge >= 0.3 is 0 Å². The molecule has 8 nitrogen and oxygen atoms in total. The minimum absolute atomic E-state index is 0.0112. The Kier molecular flexibility index (Phi) is 6.79. The first kappa shape index (κ1) is 21.3. The van der Waals surface area contributed by atoms with Crippen molar-refractivity contribution in [2.24, 2.45) is 5.92 Å². The number of pyridine rings is 1. The Labute approximate surface area is 185 Å². The molecule has 3 heterocycles. The van der Waals surface area contributed by atoms with Crippen LogP contribution in [0.5, 0.6) is 0 Å². The Morgan fingerprint density at radius 2 is 2.00 bits per heavy atom. The van der Waals surface area contributed by atoms with Crippen LogP contribution in [0.3, 0.4) is 0 Å². The highest BCUT2D eigenvalue weighted by atomic mass is 35.5. The summed E-state index contributed by atoms with van der Waals surface area (Å²) in [5, 5.41) is 16.4. The number of hydrogen-bond donors (Lipinski definition) is 3.